The van der Waals surface area contributed by atoms with Crippen molar-refractivity contribution >= 4 is 17.7 Å². The lowest BCUT2D eigenvalue weighted by molar-refractivity contribution is 0.102. The van der Waals surface area contributed by atoms with Crippen molar-refractivity contribution in [3.8, 4) is 0 Å². The number of para-hydroxylation sites is 1. The minimum Gasteiger partial charge on any atom is -0.380 e. The first-order chi connectivity index (χ1) is 19.7. The van der Waals surface area contributed by atoms with Crippen LogP contribution in [0.1, 0.15) is 77.7 Å². The molecule has 0 radical (unpaired) electrons. The highest BCUT2D eigenvalue weighted by molar-refractivity contribution is 6.00. The van der Waals surface area contributed by atoms with Gasteiger partial charge in [0, 0.05) is 56.4 Å². The number of ether oxygens (including phenoxy) is 2. The van der Waals surface area contributed by atoms with Crippen LogP contribution in [-0.4, -0.2) is 101 Å². The lowest BCUT2D eigenvalue weighted by atomic mass is 9.71. The van der Waals surface area contributed by atoms with Gasteiger partial charge in [0.1, 0.15) is 5.84 Å². The van der Waals surface area contributed by atoms with Crippen molar-refractivity contribution in [2.45, 2.75) is 78.2 Å². The van der Waals surface area contributed by atoms with Gasteiger partial charge in [0.2, 0.25) is 0 Å². The number of nitrogens with two attached hydrogens (primary N) is 1. The van der Waals surface area contributed by atoms with Gasteiger partial charge in [0.25, 0.3) is 0 Å². The first kappa shape index (κ1) is 35.4. The molecule has 0 unspecified atom stereocenters. The van der Waals surface area contributed by atoms with E-state index in [1.807, 2.05) is 24.3 Å². The maximum Gasteiger partial charge on any atom is 0.115 e. The minimum atomic E-state index is 0.396. The second-order valence-electron chi connectivity index (χ2n) is 12.7. The largest absolute Gasteiger partial charge is 0.380 e. The van der Waals surface area contributed by atoms with Crippen LogP contribution in [0.15, 0.2) is 29.3 Å². The van der Waals surface area contributed by atoms with Gasteiger partial charge in [-0.15, -0.1) is 0 Å². The van der Waals surface area contributed by atoms with Crippen LogP contribution in [0.3, 0.4) is 0 Å². The topological polar surface area (TPSA) is 99.2 Å². The third-order valence-corrected chi connectivity index (χ3v) is 8.30. The lowest BCUT2D eigenvalue weighted by Crippen LogP contribution is -2.41. The Balaban J connectivity index is 1.78. The summed E-state index contributed by atoms with van der Waals surface area (Å²) < 4.78 is 11.2. The van der Waals surface area contributed by atoms with E-state index in [0.717, 1.165) is 94.7 Å². The van der Waals surface area contributed by atoms with Crippen LogP contribution in [0.2, 0.25) is 0 Å². The van der Waals surface area contributed by atoms with Gasteiger partial charge in [-0.3, -0.25) is 9.89 Å². The molecular weight excluding hydrogens is 512 g/mol. The third-order valence-electron chi connectivity index (χ3n) is 8.30. The summed E-state index contributed by atoms with van der Waals surface area (Å²) >= 11 is 0. The van der Waals surface area contributed by atoms with Crippen molar-refractivity contribution in [1.29, 1.82) is 5.41 Å². The number of amidine groups is 1. The number of hydrogen-bond donors (Lipinski definition) is 3. The van der Waals surface area contributed by atoms with Crippen LogP contribution >= 0.6 is 0 Å². The number of aliphatic imine (C=N–C) groups is 1. The number of rotatable bonds is 20. The Morgan fingerprint density at radius 2 is 1.66 bits per heavy atom. The molecule has 41 heavy (non-hydrogen) atoms. The highest BCUT2D eigenvalue weighted by atomic mass is 16.5. The van der Waals surface area contributed by atoms with Crippen LogP contribution in [0, 0.1) is 16.7 Å². The summed E-state index contributed by atoms with van der Waals surface area (Å²) in [6.07, 6.45) is 10.8. The molecule has 0 heterocycles. The number of nitrogens with zero attached hydrogens (tertiary/aromatic N) is 3. The summed E-state index contributed by atoms with van der Waals surface area (Å²) in [7, 11) is 4.40. The monoisotopic (exact) mass is 572 g/mol. The molecule has 4 N–H and O–H groups in total. The maximum atomic E-state index is 7.81. The molecule has 0 aliphatic heterocycles. The molecule has 1 aromatic carbocycles. The predicted octanol–water partition coefficient (Wildman–Crippen LogP) is 5.52. The van der Waals surface area contributed by atoms with E-state index in [9.17, 15) is 0 Å². The SMILES string of the molecule is CN(CCCN=C(CN(C)C1CCC(C(C)(C)C)CC1)Nc1ccccc1C=N)CCOCCCCCOCCN. The Morgan fingerprint density at radius 1 is 0.976 bits per heavy atom. The van der Waals surface area contributed by atoms with Gasteiger partial charge in [-0.1, -0.05) is 39.0 Å². The van der Waals surface area contributed by atoms with Gasteiger partial charge >= 0.3 is 0 Å². The Bertz CT molecular complexity index is 864. The third kappa shape index (κ3) is 14.8. The van der Waals surface area contributed by atoms with Crippen LogP contribution < -0.4 is 11.1 Å². The molecule has 1 saturated carbocycles. The fourth-order valence-electron chi connectivity index (χ4n) is 5.53. The van der Waals surface area contributed by atoms with Gasteiger partial charge in [0.15, 0.2) is 0 Å². The van der Waals surface area contributed by atoms with E-state index in [0.29, 0.717) is 24.6 Å². The van der Waals surface area contributed by atoms with Crippen LogP contribution in [0.4, 0.5) is 5.69 Å². The summed E-state index contributed by atoms with van der Waals surface area (Å²) in [5, 5.41) is 11.4. The number of likely N-dealkylation sites (N-methyl/N-ethyl adjacent to an activating group) is 2. The second kappa shape index (κ2) is 20.1. The van der Waals surface area contributed by atoms with Gasteiger partial charge in [-0.2, -0.15) is 0 Å². The first-order valence-corrected chi connectivity index (χ1v) is 15.9. The highest BCUT2D eigenvalue weighted by Gasteiger charge is 2.31. The van der Waals surface area contributed by atoms with Crippen molar-refractivity contribution in [2.24, 2.45) is 22.1 Å². The normalized spacial score (nSPS) is 18.3. The number of hydrogen-bond acceptors (Lipinski definition) is 7. The quantitative estimate of drug-likeness (QED) is 0.108. The van der Waals surface area contributed by atoms with Gasteiger partial charge < -0.3 is 30.8 Å². The zero-order valence-electron chi connectivity index (χ0n) is 26.8. The standard InChI is InChI=1S/C33H60N6O2/c1-33(2,3)29-14-16-30(17-15-29)39(5)27-32(37-31-13-8-7-12-28(31)26-35)36-19-11-20-38(4)21-25-41-23-10-6-9-22-40-24-18-34/h7-8,12-13,26,29-30,35H,6,9-11,14-25,27,34H2,1-5H3,(H,36,37). The Hall–Kier alpha value is -1.84. The van der Waals surface area contributed by atoms with Gasteiger partial charge in [-0.05, 0) is 89.4 Å². The fourth-order valence-corrected chi connectivity index (χ4v) is 5.53. The number of benzene rings is 1. The molecule has 2 rings (SSSR count). The van der Waals surface area contributed by atoms with E-state index in [4.69, 9.17) is 25.6 Å². The van der Waals surface area contributed by atoms with Crippen molar-refractivity contribution in [3.63, 3.8) is 0 Å². The van der Waals surface area contributed by atoms with Gasteiger partial charge in [0.05, 0.1) is 19.8 Å². The van der Waals surface area contributed by atoms with Crippen LogP contribution in [0.5, 0.6) is 0 Å². The molecule has 1 aliphatic carbocycles. The molecule has 1 aromatic rings. The molecule has 8 heteroatoms. The van der Waals surface area contributed by atoms with E-state index in [1.54, 1.807) is 0 Å². The molecule has 0 atom stereocenters. The summed E-state index contributed by atoms with van der Waals surface area (Å²) in [6.45, 7) is 14.2. The number of nitrogens with one attached hydrogen (secondary N) is 2. The average Bonchev–Trinajstić information content (AvgIpc) is 2.96. The second-order valence-corrected chi connectivity index (χ2v) is 12.7. The summed E-state index contributed by atoms with van der Waals surface area (Å²) in [5.41, 5.74) is 7.65. The van der Waals surface area contributed by atoms with Crippen LogP contribution in [0.25, 0.3) is 0 Å². The lowest BCUT2D eigenvalue weighted by Gasteiger charge is -2.40. The minimum absolute atomic E-state index is 0.396. The molecule has 0 aromatic heterocycles. The Kier molecular flexibility index (Phi) is 17.4. The van der Waals surface area contributed by atoms with Crippen molar-refractivity contribution < 1.29 is 9.47 Å². The number of anilines is 1. The van der Waals surface area contributed by atoms with E-state index >= 15 is 0 Å². The molecule has 0 amide bonds. The Morgan fingerprint density at radius 3 is 2.32 bits per heavy atom. The zero-order chi connectivity index (χ0) is 29.9. The van der Waals surface area contributed by atoms with Crippen molar-refractivity contribution in [3.05, 3.63) is 29.8 Å². The average molecular weight is 573 g/mol. The molecular formula is C33H60N6O2. The molecule has 0 bridgehead atoms. The molecule has 0 saturated heterocycles. The summed E-state index contributed by atoms with van der Waals surface area (Å²) in [5.74, 6) is 1.80. The molecule has 1 aliphatic rings. The van der Waals surface area contributed by atoms with E-state index in [-0.39, 0.29) is 0 Å². The van der Waals surface area contributed by atoms with E-state index in [1.165, 1.54) is 31.9 Å². The molecule has 1 fully saturated rings. The van der Waals surface area contributed by atoms with Crippen molar-refractivity contribution in [1.82, 2.24) is 9.80 Å². The summed E-state index contributed by atoms with van der Waals surface area (Å²) in [4.78, 5) is 9.83. The van der Waals surface area contributed by atoms with E-state index in [2.05, 4.69) is 50.0 Å². The molecule has 234 valence electrons. The highest BCUT2D eigenvalue weighted by Crippen LogP contribution is 2.38. The Labute approximate surface area is 250 Å². The summed E-state index contributed by atoms with van der Waals surface area (Å²) in [6, 6.07) is 8.59. The smallest absolute Gasteiger partial charge is 0.115 e. The molecule has 8 nitrogen and oxygen atoms in total. The fraction of sp³-hybridized carbons (Fsp3) is 0.758. The predicted molar refractivity (Wildman–Crippen MR) is 175 cm³/mol. The van der Waals surface area contributed by atoms with Crippen molar-refractivity contribution in [2.75, 3.05) is 78.6 Å². The van der Waals surface area contributed by atoms with Gasteiger partial charge in [-0.25, -0.2) is 0 Å². The maximum absolute atomic E-state index is 7.81. The van der Waals surface area contributed by atoms with E-state index < -0.39 is 0 Å². The van der Waals surface area contributed by atoms with Crippen LogP contribution in [-0.2, 0) is 9.47 Å². The first-order valence-electron chi connectivity index (χ1n) is 15.9. The molecule has 0 spiro atoms. The number of unbranched alkanes of at least 4 members (excludes halogenated alkanes) is 2. The zero-order valence-corrected chi connectivity index (χ0v) is 26.8.